The molecule has 0 unspecified atom stereocenters. The van der Waals surface area contributed by atoms with E-state index in [0.29, 0.717) is 0 Å². The van der Waals surface area contributed by atoms with Crippen LogP contribution in [0.15, 0.2) is 33.2 Å². The molecule has 6 heteroatoms. The van der Waals surface area contributed by atoms with Crippen molar-refractivity contribution in [3.8, 4) is 0 Å². The van der Waals surface area contributed by atoms with Gasteiger partial charge in [0.15, 0.2) is 4.34 Å². The zero-order valence-electron chi connectivity index (χ0n) is 8.12. The van der Waals surface area contributed by atoms with E-state index in [-0.39, 0.29) is 6.04 Å². The van der Waals surface area contributed by atoms with Gasteiger partial charge in [0.2, 0.25) is 0 Å². The molecule has 0 aliphatic carbocycles. The Hall–Kier alpha value is -0.980. The summed E-state index contributed by atoms with van der Waals surface area (Å²) in [5, 5.41) is 8.61. The summed E-state index contributed by atoms with van der Waals surface area (Å²) in [7, 11) is 0. The third-order valence-corrected chi connectivity index (χ3v) is 3.55. The van der Waals surface area contributed by atoms with Crippen molar-refractivity contribution in [2.75, 3.05) is 0 Å². The summed E-state index contributed by atoms with van der Waals surface area (Å²) in [6, 6.07) is 3.96. The summed E-state index contributed by atoms with van der Waals surface area (Å²) < 4.78 is 0.899. The topological polar surface area (TPSA) is 64.7 Å². The highest BCUT2D eigenvalue weighted by atomic mass is 32.2. The first kappa shape index (κ1) is 10.5. The molecule has 0 spiro atoms. The highest BCUT2D eigenvalue weighted by Gasteiger charge is 2.03. The average Bonchev–Trinajstić information content (AvgIpc) is 2.71. The van der Waals surface area contributed by atoms with Crippen LogP contribution in [0.1, 0.15) is 18.5 Å². The standard InChI is InChI=1S/C9H10N4S2/c1-6(10)7-2-3-8(11-4-7)15-9-13-12-5-14-9/h2-6H,10H2,1H3/t6-/m1/s1. The second-order valence-electron chi connectivity index (χ2n) is 3.03. The van der Waals surface area contributed by atoms with Gasteiger partial charge in [-0.05, 0) is 30.3 Å². The van der Waals surface area contributed by atoms with Crippen LogP contribution in [0, 0.1) is 0 Å². The summed E-state index contributed by atoms with van der Waals surface area (Å²) in [4.78, 5) is 4.30. The summed E-state index contributed by atoms with van der Waals surface area (Å²) in [5.74, 6) is 0. The molecule has 15 heavy (non-hydrogen) atoms. The van der Waals surface area contributed by atoms with Crippen molar-refractivity contribution in [2.45, 2.75) is 22.3 Å². The summed E-state index contributed by atoms with van der Waals surface area (Å²) in [6.07, 6.45) is 1.80. The van der Waals surface area contributed by atoms with Gasteiger partial charge in [0.05, 0.1) is 0 Å². The molecule has 2 rings (SSSR count). The Balaban J connectivity index is 2.11. The van der Waals surface area contributed by atoms with Crippen LogP contribution >= 0.6 is 23.1 Å². The first-order valence-electron chi connectivity index (χ1n) is 4.41. The minimum atomic E-state index is 0.0260. The molecule has 0 aromatic carbocycles. The van der Waals surface area contributed by atoms with Crippen molar-refractivity contribution in [1.29, 1.82) is 0 Å². The molecule has 2 aromatic heterocycles. The molecule has 0 amide bonds. The van der Waals surface area contributed by atoms with E-state index in [1.807, 2.05) is 19.1 Å². The zero-order valence-corrected chi connectivity index (χ0v) is 9.76. The van der Waals surface area contributed by atoms with E-state index < -0.39 is 0 Å². The Morgan fingerprint density at radius 1 is 1.47 bits per heavy atom. The highest BCUT2D eigenvalue weighted by Crippen LogP contribution is 2.26. The Morgan fingerprint density at radius 2 is 2.33 bits per heavy atom. The molecule has 0 aliphatic rings. The van der Waals surface area contributed by atoms with Crippen LogP contribution < -0.4 is 5.73 Å². The van der Waals surface area contributed by atoms with Crippen LogP contribution in [0.2, 0.25) is 0 Å². The number of hydrogen-bond donors (Lipinski definition) is 1. The fourth-order valence-corrected chi connectivity index (χ4v) is 2.38. The van der Waals surface area contributed by atoms with Crippen LogP contribution in [0.25, 0.3) is 0 Å². The van der Waals surface area contributed by atoms with E-state index >= 15 is 0 Å². The van der Waals surface area contributed by atoms with Crippen LogP contribution in [-0.4, -0.2) is 15.2 Å². The molecule has 1 atom stereocenters. The molecule has 0 radical (unpaired) electrons. The van der Waals surface area contributed by atoms with Gasteiger partial charge in [-0.25, -0.2) is 4.98 Å². The van der Waals surface area contributed by atoms with Crippen LogP contribution in [0.4, 0.5) is 0 Å². The number of nitrogens with zero attached hydrogens (tertiary/aromatic N) is 3. The molecule has 4 nitrogen and oxygen atoms in total. The van der Waals surface area contributed by atoms with Crippen LogP contribution in [0.3, 0.4) is 0 Å². The van der Waals surface area contributed by atoms with Gasteiger partial charge in [-0.3, -0.25) is 0 Å². The molecule has 0 fully saturated rings. The third kappa shape index (κ3) is 2.74. The second-order valence-corrected chi connectivity index (χ2v) is 5.13. The molecule has 2 heterocycles. The fraction of sp³-hybridized carbons (Fsp3) is 0.222. The van der Waals surface area contributed by atoms with E-state index in [2.05, 4.69) is 15.2 Å². The third-order valence-electron chi connectivity index (χ3n) is 1.82. The normalized spacial score (nSPS) is 12.7. The van der Waals surface area contributed by atoms with Gasteiger partial charge in [-0.15, -0.1) is 10.2 Å². The lowest BCUT2D eigenvalue weighted by atomic mass is 10.2. The molecular weight excluding hydrogens is 228 g/mol. The maximum absolute atomic E-state index is 5.73. The van der Waals surface area contributed by atoms with Crippen molar-refractivity contribution in [1.82, 2.24) is 15.2 Å². The van der Waals surface area contributed by atoms with Gasteiger partial charge in [0, 0.05) is 12.2 Å². The van der Waals surface area contributed by atoms with E-state index in [4.69, 9.17) is 5.73 Å². The van der Waals surface area contributed by atoms with Crippen molar-refractivity contribution >= 4 is 23.1 Å². The molecule has 2 N–H and O–H groups in total. The zero-order chi connectivity index (χ0) is 10.7. The highest BCUT2D eigenvalue weighted by molar-refractivity contribution is 8.00. The average molecular weight is 238 g/mol. The number of aromatic nitrogens is 3. The molecule has 2 aromatic rings. The Labute approximate surface area is 95.9 Å². The largest absolute Gasteiger partial charge is 0.324 e. The molecule has 78 valence electrons. The van der Waals surface area contributed by atoms with Gasteiger partial charge >= 0.3 is 0 Å². The maximum atomic E-state index is 5.73. The van der Waals surface area contributed by atoms with Gasteiger partial charge < -0.3 is 5.73 Å². The van der Waals surface area contributed by atoms with E-state index in [9.17, 15) is 0 Å². The first-order chi connectivity index (χ1) is 7.25. The number of nitrogens with two attached hydrogens (primary N) is 1. The van der Waals surface area contributed by atoms with E-state index in [1.165, 1.54) is 23.1 Å². The minimum absolute atomic E-state index is 0.0260. The minimum Gasteiger partial charge on any atom is -0.324 e. The van der Waals surface area contributed by atoms with Gasteiger partial charge in [-0.2, -0.15) is 0 Å². The predicted molar refractivity (Wildman–Crippen MR) is 60.9 cm³/mol. The lowest BCUT2D eigenvalue weighted by molar-refractivity contribution is 0.806. The second kappa shape index (κ2) is 4.69. The van der Waals surface area contributed by atoms with Crippen LogP contribution in [0.5, 0.6) is 0 Å². The van der Waals surface area contributed by atoms with Gasteiger partial charge in [0.25, 0.3) is 0 Å². The maximum Gasteiger partial charge on any atom is 0.180 e. The van der Waals surface area contributed by atoms with Crippen molar-refractivity contribution in [2.24, 2.45) is 5.73 Å². The smallest absolute Gasteiger partial charge is 0.180 e. The Kier molecular flexibility index (Phi) is 3.30. The summed E-state index contributed by atoms with van der Waals surface area (Å²) >= 11 is 3.01. The quantitative estimate of drug-likeness (QED) is 0.887. The summed E-state index contributed by atoms with van der Waals surface area (Å²) in [5.41, 5.74) is 8.48. The molecular formula is C9H10N4S2. The van der Waals surface area contributed by atoms with Gasteiger partial charge in [0.1, 0.15) is 10.5 Å². The van der Waals surface area contributed by atoms with E-state index in [0.717, 1.165) is 14.9 Å². The van der Waals surface area contributed by atoms with Gasteiger partial charge in [-0.1, -0.05) is 17.4 Å². The molecule has 0 aliphatic heterocycles. The van der Waals surface area contributed by atoms with Crippen LogP contribution in [-0.2, 0) is 0 Å². The molecule has 0 saturated heterocycles. The predicted octanol–water partition coefficient (Wildman–Crippen LogP) is 2.10. The van der Waals surface area contributed by atoms with Crippen molar-refractivity contribution in [3.05, 3.63) is 29.4 Å². The lowest BCUT2D eigenvalue weighted by Crippen LogP contribution is -2.04. The number of rotatable bonds is 3. The fourth-order valence-electron chi connectivity index (χ4n) is 1.02. The molecule has 0 saturated carbocycles. The number of hydrogen-bond acceptors (Lipinski definition) is 6. The SMILES string of the molecule is C[C@@H](N)c1ccc(Sc2nncs2)nc1. The van der Waals surface area contributed by atoms with Crippen molar-refractivity contribution < 1.29 is 0 Å². The molecule has 0 bridgehead atoms. The lowest BCUT2D eigenvalue weighted by Gasteiger charge is -2.04. The Morgan fingerprint density at radius 3 is 2.87 bits per heavy atom. The van der Waals surface area contributed by atoms with E-state index in [1.54, 1.807) is 11.7 Å². The monoisotopic (exact) mass is 238 g/mol. The Bertz CT molecular complexity index is 410. The number of pyridine rings is 1. The first-order valence-corrected chi connectivity index (χ1v) is 6.11. The van der Waals surface area contributed by atoms with Crippen molar-refractivity contribution in [3.63, 3.8) is 0 Å². The summed E-state index contributed by atoms with van der Waals surface area (Å²) in [6.45, 7) is 1.94.